The molecule has 0 aliphatic carbocycles. The van der Waals surface area contributed by atoms with Gasteiger partial charge in [0, 0.05) is 16.4 Å². The SMILES string of the molecule is C[C@H](NC(=O)CCC(C)(C)N)c1cccc(Br)c1. The summed E-state index contributed by atoms with van der Waals surface area (Å²) in [6.45, 7) is 5.84. The lowest BCUT2D eigenvalue weighted by atomic mass is 9.99. The van der Waals surface area contributed by atoms with Crippen LogP contribution in [0, 0.1) is 0 Å². The summed E-state index contributed by atoms with van der Waals surface area (Å²) in [4.78, 5) is 11.8. The number of amides is 1. The molecule has 0 bridgehead atoms. The molecule has 0 spiro atoms. The highest BCUT2D eigenvalue weighted by molar-refractivity contribution is 9.10. The Labute approximate surface area is 117 Å². The Morgan fingerprint density at radius 1 is 1.50 bits per heavy atom. The molecule has 1 aromatic carbocycles. The van der Waals surface area contributed by atoms with Crippen LogP contribution in [0.15, 0.2) is 28.7 Å². The molecule has 4 heteroatoms. The van der Waals surface area contributed by atoms with Gasteiger partial charge < -0.3 is 11.1 Å². The van der Waals surface area contributed by atoms with Gasteiger partial charge in [-0.15, -0.1) is 0 Å². The number of carbonyl (C=O) groups excluding carboxylic acids is 1. The lowest BCUT2D eigenvalue weighted by Crippen LogP contribution is -2.35. The van der Waals surface area contributed by atoms with Gasteiger partial charge in [-0.2, -0.15) is 0 Å². The van der Waals surface area contributed by atoms with E-state index in [1.165, 1.54) is 0 Å². The Hall–Kier alpha value is -0.870. The molecule has 0 radical (unpaired) electrons. The maximum Gasteiger partial charge on any atom is 0.220 e. The number of nitrogens with two attached hydrogens (primary N) is 1. The van der Waals surface area contributed by atoms with Crippen LogP contribution in [0.4, 0.5) is 0 Å². The number of hydrogen-bond donors (Lipinski definition) is 2. The van der Waals surface area contributed by atoms with Crippen molar-refractivity contribution < 1.29 is 4.79 Å². The Morgan fingerprint density at radius 2 is 2.17 bits per heavy atom. The van der Waals surface area contributed by atoms with Crippen molar-refractivity contribution in [3.8, 4) is 0 Å². The average Bonchev–Trinajstić information content (AvgIpc) is 2.25. The lowest BCUT2D eigenvalue weighted by molar-refractivity contribution is -0.122. The smallest absolute Gasteiger partial charge is 0.220 e. The fourth-order valence-corrected chi connectivity index (χ4v) is 2.03. The zero-order chi connectivity index (χ0) is 13.8. The second-order valence-corrected chi connectivity index (χ2v) is 6.25. The molecule has 1 rings (SSSR count). The summed E-state index contributed by atoms with van der Waals surface area (Å²) < 4.78 is 1.02. The van der Waals surface area contributed by atoms with Gasteiger partial charge >= 0.3 is 0 Å². The van der Waals surface area contributed by atoms with Crippen molar-refractivity contribution in [3.63, 3.8) is 0 Å². The van der Waals surface area contributed by atoms with Crippen molar-refractivity contribution in [1.82, 2.24) is 5.32 Å². The predicted octanol–water partition coefficient (Wildman–Crippen LogP) is 3.14. The third kappa shape index (κ3) is 5.65. The first-order chi connectivity index (χ1) is 8.28. The van der Waals surface area contributed by atoms with Crippen molar-refractivity contribution >= 4 is 21.8 Å². The van der Waals surface area contributed by atoms with Crippen molar-refractivity contribution in [1.29, 1.82) is 0 Å². The molecule has 0 aliphatic heterocycles. The van der Waals surface area contributed by atoms with E-state index in [2.05, 4.69) is 21.2 Å². The molecule has 0 fully saturated rings. The number of hydrogen-bond acceptors (Lipinski definition) is 2. The van der Waals surface area contributed by atoms with E-state index in [1.54, 1.807) is 0 Å². The molecule has 18 heavy (non-hydrogen) atoms. The number of benzene rings is 1. The van der Waals surface area contributed by atoms with Gasteiger partial charge in [0.1, 0.15) is 0 Å². The van der Waals surface area contributed by atoms with Crippen LogP contribution in [0.3, 0.4) is 0 Å². The highest BCUT2D eigenvalue weighted by Crippen LogP contribution is 2.18. The van der Waals surface area contributed by atoms with E-state index in [0.717, 1.165) is 10.0 Å². The molecule has 3 nitrogen and oxygen atoms in total. The molecule has 1 aromatic rings. The van der Waals surface area contributed by atoms with Crippen molar-refractivity contribution in [2.75, 3.05) is 0 Å². The van der Waals surface area contributed by atoms with E-state index in [4.69, 9.17) is 5.73 Å². The van der Waals surface area contributed by atoms with Crippen molar-refractivity contribution in [3.05, 3.63) is 34.3 Å². The van der Waals surface area contributed by atoms with E-state index >= 15 is 0 Å². The highest BCUT2D eigenvalue weighted by atomic mass is 79.9. The van der Waals surface area contributed by atoms with Crippen LogP contribution in [0.25, 0.3) is 0 Å². The summed E-state index contributed by atoms with van der Waals surface area (Å²) in [6.07, 6.45) is 1.14. The molecule has 0 saturated carbocycles. The van der Waals surface area contributed by atoms with Gasteiger partial charge in [0.25, 0.3) is 0 Å². The van der Waals surface area contributed by atoms with Gasteiger partial charge in [-0.05, 0) is 44.9 Å². The summed E-state index contributed by atoms with van der Waals surface area (Å²) in [5, 5.41) is 2.98. The fraction of sp³-hybridized carbons (Fsp3) is 0.500. The molecule has 1 amide bonds. The molecule has 0 aromatic heterocycles. The number of rotatable bonds is 5. The standard InChI is InChI=1S/C14H21BrN2O/c1-10(11-5-4-6-12(15)9-11)17-13(18)7-8-14(2,3)16/h4-6,9-10H,7-8,16H2,1-3H3,(H,17,18)/t10-/m0/s1. The minimum atomic E-state index is -0.295. The molecular formula is C14H21BrN2O. The van der Waals surface area contributed by atoms with Gasteiger partial charge in [-0.1, -0.05) is 28.1 Å². The Bertz CT molecular complexity index is 413. The third-order valence-electron chi connectivity index (χ3n) is 2.72. The summed E-state index contributed by atoms with van der Waals surface area (Å²) in [5.41, 5.74) is 6.65. The van der Waals surface area contributed by atoms with E-state index in [1.807, 2.05) is 45.0 Å². The van der Waals surface area contributed by atoms with Crippen LogP contribution in [0.5, 0.6) is 0 Å². The first-order valence-electron chi connectivity index (χ1n) is 6.11. The van der Waals surface area contributed by atoms with Crippen LogP contribution in [0.1, 0.15) is 45.2 Å². The zero-order valence-corrected chi connectivity index (χ0v) is 12.8. The lowest BCUT2D eigenvalue weighted by Gasteiger charge is -2.19. The topological polar surface area (TPSA) is 55.1 Å². The quantitative estimate of drug-likeness (QED) is 0.877. The molecule has 0 heterocycles. The van der Waals surface area contributed by atoms with Crippen LogP contribution in [-0.2, 0) is 4.79 Å². The van der Waals surface area contributed by atoms with E-state index in [0.29, 0.717) is 12.8 Å². The Morgan fingerprint density at radius 3 is 2.72 bits per heavy atom. The predicted molar refractivity (Wildman–Crippen MR) is 78.2 cm³/mol. The maximum absolute atomic E-state index is 11.8. The minimum absolute atomic E-state index is 0.0101. The van der Waals surface area contributed by atoms with Gasteiger partial charge in [0.15, 0.2) is 0 Å². The number of halogens is 1. The van der Waals surface area contributed by atoms with Crippen LogP contribution < -0.4 is 11.1 Å². The largest absolute Gasteiger partial charge is 0.350 e. The van der Waals surface area contributed by atoms with Gasteiger partial charge in [-0.25, -0.2) is 0 Å². The second-order valence-electron chi connectivity index (χ2n) is 5.33. The number of carbonyl (C=O) groups is 1. The second kappa shape index (κ2) is 6.34. The zero-order valence-electron chi connectivity index (χ0n) is 11.2. The van der Waals surface area contributed by atoms with Gasteiger partial charge in [0.2, 0.25) is 5.91 Å². The molecule has 3 N–H and O–H groups in total. The summed E-state index contributed by atoms with van der Waals surface area (Å²) in [5.74, 6) is 0.0426. The molecule has 0 unspecified atom stereocenters. The summed E-state index contributed by atoms with van der Waals surface area (Å²) in [7, 11) is 0. The monoisotopic (exact) mass is 312 g/mol. The van der Waals surface area contributed by atoms with E-state index in [9.17, 15) is 4.79 Å². The van der Waals surface area contributed by atoms with Gasteiger partial charge in [-0.3, -0.25) is 4.79 Å². The summed E-state index contributed by atoms with van der Waals surface area (Å²) in [6, 6.07) is 7.95. The highest BCUT2D eigenvalue weighted by Gasteiger charge is 2.15. The first-order valence-corrected chi connectivity index (χ1v) is 6.91. The van der Waals surface area contributed by atoms with Crippen molar-refractivity contribution in [2.45, 2.75) is 45.2 Å². The fourth-order valence-electron chi connectivity index (χ4n) is 1.61. The van der Waals surface area contributed by atoms with E-state index in [-0.39, 0.29) is 17.5 Å². The maximum atomic E-state index is 11.8. The van der Waals surface area contributed by atoms with Crippen molar-refractivity contribution in [2.24, 2.45) is 5.73 Å². The Kier molecular flexibility index (Phi) is 5.35. The Balaban J connectivity index is 2.50. The molecule has 100 valence electrons. The molecule has 0 aliphatic rings. The number of nitrogens with one attached hydrogen (secondary N) is 1. The van der Waals surface area contributed by atoms with Crippen LogP contribution in [0.2, 0.25) is 0 Å². The van der Waals surface area contributed by atoms with Crippen LogP contribution in [-0.4, -0.2) is 11.4 Å². The third-order valence-corrected chi connectivity index (χ3v) is 3.22. The van der Waals surface area contributed by atoms with Gasteiger partial charge in [0.05, 0.1) is 6.04 Å². The minimum Gasteiger partial charge on any atom is -0.350 e. The van der Waals surface area contributed by atoms with E-state index < -0.39 is 0 Å². The molecular weight excluding hydrogens is 292 g/mol. The molecule has 0 saturated heterocycles. The normalized spacial score (nSPS) is 13.2. The average molecular weight is 313 g/mol. The summed E-state index contributed by atoms with van der Waals surface area (Å²) >= 11 is 3.42. The molecule has 1 atom stereocenters. The van der Waals surface area contributed by atoms with Crippen LogP contribution >= 0.6 is 15.9 Å². The first kappa shape index (κ1) is 15.2.